The zero-order valence-electron chi connectivity index (χ0n) is 8.22. The average molecular weight is 247 g/mol. The molecule has 0 N–H and O–H groups in total. The van der Waals surface area contributed by atoms with Crippen LogP contribution in [0.3, 0.4) is 0 Å². The molecule has 0 saturated heterocycles. The van der Waals surface area contributed by atoms with Crippen LogP contribution in [-0.4, -0.2) is 4.98 Å². The van der Waals surface area contributed by atoms with Gasteiger partial charge < -0.3 is 0 Å². The molecular weight excluding hydrogens is 240 g/mol. The molecule has 0 aliphatic carbocycles. The van der Waals surface area contributed by atoms with Gasteiger partial charge in [0.25, 0.3) is 0 Å². The summed E-state index contributed by atoms with van der Waals surface area (Å²) in [5, 5.41) is 10.2. The highest BCUT2D eigenvalue weighted by Crippen LogP contribution is 2.31. The maximum absolute atomic E-state index is 8.73. The molecule has 16 heavy (non-hydrogen) atoms. The van der Waals surface area contributed by atoms with Crippen LogP contribution in [0.1, 0.15) is 5.69 Å². The summed E-state index contributed by atoms with van der Waals surface area (Å²) in [7, 11) is 0. The molecule has 0 saturated carbocycles. The van der Waals surface area contributed by atoms with Gasteiger partial charge in [-0.1, -0.05) is 41.6 Å². The van der Waals surface area contributed by atoms with E-state index in [9.17, 15) is 0 Å². The molecule has 0 unspecified atom stereocenters. The first-order valence-electron chi connectivity index (χ1n) is 4.59. The van der Waals surface area contributed by atoms with Crippen LogP contribution in [0.5, 0.6) is 0 Å². The van der Waals surface area contributed by atoms with Gasteiger partial charge in [0.2, 0.25) is 0 Å². The number of benzene rings is 1. The van der Waals surface area contributed by atoms with Crippen LogP contribution in [-0.2, 0) is 0 Å². The highest BCUT2D eigenvalue weighted by atomic mass is 35.5. The Morgan fingerprint density at radius 3 is 2.69 bits per heavy atom. The van der Waals surface area contributed by atoms with Gasteiger partial charge in [-0.3, -0.25) is 0 Å². The molecule has 0 atom stereocenters. The lowest BCUT2D eigenvalue weighted by atomic mass is 10.4. The largest absolute Gasteiger partial charge is 0.230 e. The third kappa shape index (κ3) is 2.54. The van der Waals surface area contributed by atoms with Crippen molar-refractivity contribution in [1.29, 1.82) is 5.26 Å². The molecule has 2 rings (SSSR count). The SMILES string of the molecule is N#Cc1cccc(Sc2ccccc2Cl)n1. The minimum Gasteiger partial charge on any atom is -0.230 e. The molecule has 1 aromatic heterocycles. The van der Waals surface area contributed by atoms with Crippen LogP contribution in [0.25, 0.3) is 0 Å². The minimum absolute atomic E-state index is 0.414. The van der Waals surface area contributed by atoms with Crippen LogP contribution in [0, 0.1) is 11.3 Å². The number of nitriles is 1. The zero-order valence-corrected chi connectivity index (χ0v) is 9.79. The number of hydrogen-bond acceptors (Lipinski definition) is 3. The molecule has 78 valence electrons. The lowest BCUT2D eigenvalue weighted by molar-refractivity contribution is 1.10. The van der Waals surface area contributed by atoms with Crippen molar-refractivity contribution < 1.29 is 0 Å². The zero-order chi connectivity index (χ0) is 11.4. The fourth-order valence-corrected chi connectivity index (χ4v) is 2.25. The molecule has 0 radical (unpaired) electrons. The second-order valence-corrected chi connectivity index (χ2v) is 4.47. The van der Waals surface area contributed by atoms with E-state index < -0.39 is 0 Å². The Morgan fingerprint density at radius 1 is 1.12 bits per heavy atom. The first kappa shape index (κ1) is 11.0. The summed E-state index contributed by atoms with van der Waals surface area (Å²) >= 11 is 7.48. The molecule has 0 aliphatic rings. The van der Waals surface area contributed by atoms with Crippen LogP contribution in [0.2, 0.25) is 5.02 Å². The van der Waals surface area contributed by atoms with Gasteiger partial charge in [0, 0.05) is 4.90 Å². The predicted octanol–water partition coefficient (Wildman–Crippen LogP) is 3.76. The lowest BCUT2D eigenvalue weighted by Gasteiger charge is -2.02. The van der Waals surface area contributed by atoms with Crippen molar-refractivity contribution in [1.82, 2.24) is 4.98 Å². The van der Waals surface area contributed by atoms with E-state index in [1.165, 1.54) is 11.8 Å². The first-order chi connectivity index (χ1) is 7.79. The first-order valence-corrected chi connectivity index (χ1v) is 5.78. The van der Waals surface area contributed by atoms with Gasteiger partial charge in [0.1, 0.15) is 16.8 Å². The van der Waals surface area contributed by atoms with Gasteiger partial charge in [-0.05, 0) is 24.3 Å². The maximum Gasteiger partial charge on any atom is 0.141 e. The molecule has 4 heteroatoms. The Bertz CT molecular complexity index is 549. The summed E-state index contributed by atoms with van der Waals surface area (Å²) in [4.78, 5) is 5.11. The number of nitrogens with zero attached hydrogens (tertiary/aromatic N) is 2. The van der Waals surface area contributed by atoms with E-state index in [1.807, 2.05) is 42.5 Å². The number of hydrogen-bond donors (Lipinski definition) is 0. The molecule has 2 nitrogen and oxygen atoms in total. The van der Waals surface area contributed by atoms with Crippen molar-refractivity contribution in [2.24, 2.45) is 0 Å². The van der Waals surface area contributed by atoms with Crippen molar-refractivity contribution in [3.8, 4) is 6.07 Å². The van der Waals surface area contributed by atoms with E-state index in [0.29, 0.717) is 10.7 Å². The van der Waals surface area contributed by atoms with E-state index in [-0.39, 0.29) is 0 Å². The molecule has 0 bridgehead atoms. The highest BCUT2D eigenvalue weighted by molar-refractivity contribution is 7.99. The van der Waals surface area contributed by atoms with Gasteiger partial charge in [-0.25, -0.2) is 4.98 Å². The highest BCUT2D eigenvalue weighted by Gasteiger charge is 2.03. The molecule has 1 aromatic carbocycles. The predicted molar refractivity (Wildman–Crippen MR) is 64.5 cm³/mol. The number of rotatable bonds is 2. The fourth-order valence-electron chi connectivity index (χ4n) is 1.17. The molecule has 1 heterocycles. The Kier molecular flexibility index (Phi) is 3.45. The average Bonchev–Trinajstić information content (AvgIpc) is 2.32. The van der Waals surface area contributed by atoms with E-state index in [0.717, 1.165) is 9.92 Å². The standard InChI is InChI=1S/C12H7ClN2S/c13-10-5-1-2-6-11(10)16-12-7-3-4-9(8-14)15-12/h1-7H. The van der Waals surface area contributed by atoms with Gasteiger partial charge in [0.15, 0.2) is 0 Å². The van der Waals surface area contributed by atoms with E-state index in [1.54, 1.807) is 6.07 Å². The van der Waals surface area contributed by atoms with Crippen LogP contribution >= 0.6 is 23.4 Å². The molecule has 2 aromatic rings. The Balaban J connectivity index is 2.28. The normalized spacial score (nSPS) is 9.75. The Hall–Kier alpha value is -1.50. The van der Waals surface area contributed by atoms with Crippen molar-refractivity contribution in [2.45, 2.75) is 9.92 Å². The summed E-state index contributed by atoms with van der Waals surface area (Å²) in [6.45, 7) is 0. The van der Waals surface area contributed by atoms with Crippen LogP contribution < -0.4 is 0 Å². The second-order valence-electron chi connectivity index (χ2n) is 3.01. The number of halogens is 1. The summed E-state index contributed by atoms with van der Waals surface area (Å²) in [6.07, 6.45) is 0. The van der Waals surface area contributed by atoms with E-state index in [4.69, 9.17) is 16.9 Å². The Labute approximate surface area is 103 Å². The topological polar surface area (TPSA) is 36.7 Å². The Morgan fingerprint density at radius 2 is 1.94 bits per heavy atom. The van der Waals surface area contributed by atoms with Crippen molar-refractivity contribution in [2.75, 3.05) is 0 Å². The van der Waals surface area contributed by atoms with Gasteiger partial charge in [-0.15, -0.1) is 0 Å². The molecule has 0 amide bonds. The fraction of sp³-hybridized carbons (Fsp3) is 0. The van der Waals surface area contributed by atoms with Gasteiger partial charge >= 0.3 is 0 Å². The van der Waals surface area contributed by atoms with Crippen LogP contribution in [0.4, 0.5) is 0 Å². The molecule has 0 aliphatic heterocycles. The van der Waals surface area contributed by atoms with Crippen LogP contribution in [0.15, 0.2) is 52.4 Å². The smallest absolute Gasteiger partial charge is 0.141 e. The molecular formula is C12H7ClN2S. The summed E-state index contributed by atoms with van der Waals surface area (Å²) in [5.41, 5.74) is 0.414. The summed E-state index contributed by atoms with van der Waals surface area (Å²) < 4.78 is 0. The monoisotopic (exact) mass is 246 g/mol. The van der Waals surface area contributed by atoms with E-state index >= 15 is 0 Å². The van der Waals surface area contributed by atoms with Gasteiger partial charge in [0.05, 0.1) is 5.02 Å². The summed E-state index contributed by atoms with van der Waals surface area (Å²) in [5.74, 6) is 0. The van der Waals surface area contributed by atoms with Crippen molar-refractivity contribution in [3.63, 3.8) is 0 Å². The third-order valence-electron chi connectivity index (χ3n) is 1.89. The van der Waals surface area contributed by atoms with Gasteiger partial charge in [-0.2, -0.15) is 5.26 Å². The number of pyridine rings is 1. The van der Waals surface area contributed by atoms with Crippen molar-refractivity contribution >= 4 is 23.4 Å². The molecule has 0 spiro atoms. The minimum atomic E-state index is 0.414. The summed E-state index contributed by atoms with van der Waals surface area (Å²) in [6, 6.07) is 14.9. The van der Waals surface area contributed by atoms with Crippen molar-refractivity contribution in [3.05, 3.63) is 53.2 Å². The lowest BCUT2D eigenvalue weighted by Crippen LogP contribution is -1.84. The molecule has 0 fully saturated rings. The quantitative estimate of drug-likeness (QED) is 0.810. The number of aromatic nitrogens is 1. The van der Waals surface area contributed by atoms with E-state index in [2.05, 4.69) is 4.98 Å². The second kappa shape index (κ2) is 5.02. The maximum atomic E-state index is 8.73. The third-order valence-corrected chi connectivity index (χ3v) is 3.34.